The molecule has 1 atom stereocenters. The quantitative estimate of drug-likeness (QED) is 0.430. The number of carbonyl (C=O) groups is 2. The van der Waals surface area contributed by atoms with Crippen LogP contribution < -0.4 is 0 Å². The first-order valence-corrected chi connectivity index (χ1v) is 6.61. The maximum absolute atomic E-state index is 12.2. The number of ether oxygens (including phenoxy) is 2. The number of methoxy groups -OCH3 is 1. The fourth-order valence-corrected chi connectivity index (χ4v) is 2.83. The molecule has 0 aromatic carbocycles. The minimum atomic E-state index is -1.24. The second kappa shape index (κ2) is 4.75. The van der Waals surface area contributed by atoms with Gasteiger partial charge in [0.2, 0.25) is 0 Å². The van der Waals surface area contributed by atoms with Crippen LogP contribution in [0.15, 0.2) is 12.2 Å². The highest BCUT2D eigenvalue weighted by Crippen LogP contribution is 2.41. The molecule has 0 saturated heterocycles. The highest BCUT2D eigenvalue weighted by Gasteiger charge is 2.51. The second-order valence-corrected chi connectivity index (χ2v) is 5.16. The van der Waals surface area contributed by atoms with E-state index < -0.39 is 23.0 Å². The monoisotopic (exact) mass is 252 g/mol. The largest absolute Gasteiger partial charge is 0.468 e. The van der Waals surface area contributed by atoms with Gasteiger partial charge in [0.25, 0.3) is 0 Å². The van der Waals surface area contributed by atoms with Crippen LogP contribution in [0.5, 0.6) is 0 Å². The lowest BCUT2D eigenvalue weighted by Crippen LogP contribution is -2.49. The first-order chi connectivity index (χ1) is 8.58. The Morgan fingerprint density at radius 3 is 2.50 bits per heavy atom. The fraction of sp³-hybridized carbons (Fsp3) is 0.714. The highest BCUT2D eigenvalue weighted by atomic mass is 16.6. The normalized spacial score (nSPS) is 30.0. The predicted octanol–water partition coefficient (Wildman–Crippen LogP) is 2.37. The van der Waals surface area contributed by atoms with Crippen molar-refractivity contribution in [1.82, 2.24) is 0 Å². The van der Waals surface area contributed by atoms with E-state index in [9.17, 15) is 9.59 Å². The molecule has 0 aromatic rings. The Kier molecular flexibility index (Phi) is 3.46. The number of carbonyl (C=O) groups excluding carboxylic acids is 2. The Morgan fingerprint density at radius 2 is 2.00 bits per heavy atom. The van der Waals surface area contributed by atoms with Gasteiger partial charge < -0.3 is 9.47 Å². The van der Waals surface area contributed by atoms with E-state index in [1.807, 2.05) is 6.08 Å². The molecule has 4 nitrogen and oxygen atoms in total. The average Bonchev–Trinajstić information content (AvgIpc) is 2.40. The molecule has 2 rings (SSSR count). The summed E-state index contributed by atoms with van der Waals surface area (Å²) >= 11 is 0. The van der Waals surface area contributed by atoms with E-state index in [0.29, 0.717) is 6.42 Å². The van der Waals surface area contributed by atoms with Crippen LogP contribution in [-0.4, -0.2) is 24.6 Å². The van der Waals surface area contributed by atoms with Gasteiger partial charge in [0, 0.05) is 0 Å². The van der Waals surface area contributed by atoms with Gasteiger partial charge >= 0.3 is 11.9 Å². The first-order valence-electron chi connectivity index (χ1n) is 6.61. The van der Waals surface area contributed by atoms with Crippen LogP contribution in [0, 0.1) is 5.41 Å². The summed E-state index contributed by atoms with van der Waals surface area (Å²) in [5.41, 5.74) is -1.71. The van der Waals surface area contributed by atoms with E-state index >= 15 is 0 Å². The summed E-state index contributed by atoms with van der Waals surface area (Å²) < 4.78 is 10.4. The Bertz CT molecular complexity index is 379. The van der Waals surface area contributed by atoms with E-state index in [-0.39, 0.29) is 0 Å². The topological polar surface area (TPSA) is 52.6 Å². The molecule has 2 aliphatic rings. The van der Waals surface area contributed by atoms with Gasteiger partial charge in [0.05, 0.1) is 7.11 Å². The van der Waals surface area contributed by atoms with Crippen molar-refractivity contribution in [2.45, 2.75) is 51.0 Å². The van der Waals surface area contributed by atoms with Gasteiger partial charge in [-0.1, -0.05) is 19.4 Å². The summed E-state index contributed by atoms with van der Waals surface area (Å²) in [7, 11) is 1.30. The molecule has 1 spiro atoms. The Morgan fingerprint density at radius 1 is 1.33 bits per heavy atom. The molecule has 1 heterocycles. The predicted molar refractivity (Wildman–Crippen MR) is 65.8 cm³/mol. The Balaban J connectivity index is 2.30. The van der Waals surface area contributed by atoms with Gasteiger partial charge in [-0.25, -0.2) is 0 Å². The number of hydrogen-bond acceptors (Lipinski definition) is 4. The van der Waals surface area contributed by atoms with E-state index in [4.69, 9.17) is 9.47 Å². The molecule has 1 saturated carbocycles. The van der Waals surface area contributed by atoms with Crippen molar-refractivity contribution < 1.29 is 19.1 Å². The van der Waals surface area contributed by atoms with Crippen LogP contribution in [0.2, 0.25) is 0 Å². The van der Waals surface area contributed by atoms with Gasteiger partial charge in [-0.3, -0.25) is 9.59 Å². The summed E-state index contributed by atoms with van der Waals surface area (Å²) in [5, 5.41) is 0. The summed E-state index contributed by atoms with van der Waals surface area (Å²) in [6.45, 7) is 1.79. The SMILES string of the molecule is CCC1(C(=O)OC)C=CC2(CCCCC2)OC1=O. The molecule has 18 heavy (non-hydrogen) atoms. The van der Waals surface area contributed by atoms with Crippen LogP contribution in [0.1, 0.15) is 45.4 Å². The van der Waals surface area contributed by atoms with Gasteiger partial charge in [-0.15, -0.1) is 0 Å². The lowest BCUT2D eigenvalue weighted by Gasteiger charge is -2.41. The third-order valence-corrected chi connectivity index (χ3v) is 4.14. The van der Waals surface area contributed by atoms with E-state index in [1.54, 1.807) is 13.0 Å². The maximum atomic E-state index is 12.2. The zero-order valence-corrected chi connectivity index (χ0v) is 11.0. The molecule has 1 aliphatic carbocycles. The van der Waals surface area contributed by atoms with Gasteiger partial charge in [0.1, 0.15) is 5.60 Å². The summed E-state index contributed by atoms with van der Waals surface area (Å²) in [6, 6.07) is 0. The molecule has 0 bridgehead atoms. The van der Waals surface area contributed by atoms with Gasteiger partial charge in [0.15, 0.2) is 5.41 Å². The molecule has 0 amide bonds. The maximum Gasteiger partial charge on any atom is 0.328 e. The highest BCUT2D eigenvalue weighted by molar-refractivity contribution is 6.03. The van der Waals surface area contributed by atoms with Crippen molar-refractivity contribution in [3.63, 3.8) is 0 Å². The van der Waals surface area contributed by atoms with Crippen molar-refractivity contribution in [3.8, 4) is 0 Å². The summed E-state index contributed by atoms with van der Waals surface area (Å²) in [4.78, 5) is 24.1. The lowest BCUT2D eigenvalue weighted by molar-refractivity contribution is -0.179. The zero-order chi connectivity index (χ0) is 13.2. The molecule has 0 aromatic heterocycles. The smallest absolute Gasteiger partial charge is 0.328 e. The molecule has 4 heteroatoms. The van der Waals surface area contributed by atoms with Crippen molar-refractivity contribution in [2.75, 3.05) is 7.11 Å². The Hall–Kier alpha value is -1.32. The van der Waals surface area contributed by atoms with Crippen LogP contribution in [0.3, 0.4) is 0 Å². The average molecular weight is 252 g/mol. The minimum absolute atomic E-state index is 0.366. The van der Waals surface area contributed by atoms with Gasteiger partial charge in [-0.2, -0.15) is 0 Å². The minimum Gasteiger partial charge on any atom is -0.468 e. The van der Waals surface area contributed by atoms with Crippen molar-refractivity contribution >= 4 is 11.9 Å². The molecule has 1 unspecified atom stereocenters. The van der Waals surface area contributed by atoms with E-state index in [1.165, 1.54) is 13.5 Å². The molecule has 1 fully saturated rings. The van der Waals surface area contributed by atoms with Crippen LogP contribution in [-0.2, 0) is 19.1 Å². The molecule has 1 aliphatic heterocycles. The lowest BCUT2D eigenvalue weighted by atomic mass is 9.76. The third kappa shape index (κ3) is 1.93. The van der Waals surface area contributed by atoms with Crippen LogP contribution in [0.25, 0.3) is 0 Å². The third-order valence-electron chi connectivity index (χ3n) is 4.14. The second-order valence-electron chi connectivity index (χ2n) is 5.16. The van der Waals surface area contributed by atoms with Crippen LogP contribution in [0.4, 0.5) is 0 Å². The summed E-state index contributed by atoms with van der Waals surface area (Å²) in [6.07, 6.45) is 9.01. The standard InChI is InChI=1S/C14H20O4/c1-3-14(11(15)17-2)10-9-13(18-12(14)16)7-5-4-6-8-13/h9-10H,3-8H2,1-2H3. The zero-order valence-electron chi connectivity index (χ0n) is 11.0. The van der Waals surface area contributed by atoms with E-state index in [0.717, 1.165) is 25.7 Å². The van der Waals surface area contributed by atoms with Crippen molar-refractivity contribution in [2.24, 2.45) is 5.41 Å². The molecule has 100 valence electrons. The summed E-state index contributed by atoms with van der Waals surface area (Å²) in [5.74, 6) is -0.988. The number of esters is 2. The molecular formula is C14H20O4. The molecule has 0 N–H and O–H groups in total. The molecule has 0 radical (unpaired) electrons. The number of rotatable bonds is 2. The fourth-order valence-electron chi connectivity index (χ4n) is 2.83. The first kappa shape index (κ1) is 13.1. The van der Waals surface area contributed by atoms with Gasteiger partial charge in [-0.05, 0) is 38.2 Å². The molecular weight excluding hydrogens is 232 g/mol. The van der Waals surface area contributed by atoms with Crippen molar-refractivity contribution in [3.05, 3.63) is 12.2 Å². The van der Waals surface area contributed by atoms with Crippen LogP contribution >= 0.6 is 0 Å². The Labute approximate surface area is 107 Å². The van der Waals surface area contributed by atoms with E-state index in [2.05, 4.69) is 0 Å². The number of hydrogen-bond donors (Lipinski definition) is 0. The van der Waals surface area contributed by atoms with Crippen molar-refractivity contribution in [1.29, 1.82) is 0 Å².